The lowest BCUT2D eigenvalue weighted by atomic mass is 9.96. The second kappa shape index (κ2) is 14.2. The first kappa shape index (κ1) is 32.4. The molecule has 0 fully saturated rings. The highest BCUT2D eigenvalue weighted by Crippen LogP contribution is 2.35. The number of nitriles is 1. The van der Waals surface area contributed by atoms with Gasteiger partial charge in [0.25, 0.3) is 0 Å². The third kappa shape index (κ3) is 6.52. The fourth-order valence-corrected chi connectivity index (χ4v) is 6.77. The van der Waals surface area contributed by atoms with Gasteiger partial charge in [0.1, 0.15) is 0 Å². The van der Waals surface area contributed by atoms with Crippen LogP contribution >= 0.6 is 0 Å². The van der Waals surface area contributed by atoms with Gasteiger partial charge in [-0.3, -0.25) is 0 Å². The van der Waals surface area contributed by atoms with E-state index in [0.29, 0.717) is 11.4 Å². The predicted molar refractivity (Wildman–Crippen MR) is 218 cm³/mol. The largest absolute Gasteiger partial charge is 0.244 e. The van der Waals surface area contributed by atoms with Crippen molar-refractivity contribution < 1.29 is 0 Å². The number of nitrogens with zero attached hydrogens (tertiary/aromatic N) is 5. The zero-order valence-electron chi connectivity index (χ0n) is 29.1. The minimum absolute atomic E-state index is 0.625. The average Bonchev–Trinajstić information content (AvgIpc) is 3.26. The van der Waals surface area contributed by atoms with Crippen molar-refractivity contribution in [3.63, 3.8) is 0 Å². The number of benzene rings is 7. The monoisotopic (exact) mass is 689 g/mol. The van der Waals surface area contributed by atoms with Crippen LogP contribution in [0, 0.1) is 11.3 Å². The maximum atomic E-state index is 9.49. The van der Waals surface area contributed by atoms with Crippen molar-refractivity contribution in [3.8, 4) is 84.7 Å². The van der Waals surface area contributed by atoms with Gasteiger partial charge in [-0.1, -0.05) is 146 Å². The Morgan fingerprint density at radius 3 is 1.37 bits per heavy atom. The summed E-state index contributed by atoms with van der Waals surface area (Å²) in [6.07, 6.45) is 0. The van der Waals surface area contributed by atoms with Gasteiger partial charge >= 0.3 is 0 Å². The SMILES string of the molecule is N#Cc1cccc(-c2cccc(-c3nc4ccccc4nc3-c3ccc(-c4cccc(-c5nc(-c6ccccc6)cc(-c6ccccc6)n5)c4)cc3)c2)c1. The van der Waals surface area contributed by atoms with Crippen molar-refractivity contribution in [2.75, 3.05) is 0 Å². The molecule has 0 spiro atoms. The summed E-state index contributed by atoms with van der Waals surface area (Å²) < 4.78 is 0. The molecule has 7 aromatic carbocycles. The summed E-state index contributed by atoms with van der Waals surface area (Å²) in [6.45, 7) is 0. The molecule has 0 aliphatic carbocycles. The summed E-state index contributed by atoms with van der Waals surface area (Å²) in [5.74, 6) is 0.673. The highest BCUT2D eigenvalue weighted by molar-refractivity contribution is 5.88. The molecule has 5 nitrogen and oxygen atoms in total. The lowest BCUT2D eigenvalue weighted by Crippen LogP contribution is -1.96. The predicted octanol–water partition coefficient (Wildman–Crippen LogP) is 12.0. The van der Waals surface area contributed by atoms with Crippen molar-refractivity contribution in [1.29, 1.82) is 5.26 Å². The molecule has 54 heavy (non-hydrogen) atoms. The van der Waals surface area contributed by atoms with Crippen LogP contribution in [0.15, 0.2) is 188 Å². The molecule has 0 bridgehead atoms. The zero-order valence-corrected chi connectivity index (χ0v) is 29.1. The maximum absolute atomic E-state index is 9.49. The molecule has 5 heteroatoms. The minimum atomic E-state index is 0.625. The Bertz CT molecular complexity index is 2770. The fraction of sp³-hybridized carbons (Fsp3) is 0. The lowest BCUT2D eigenvalue weighted by Gasteiger charge is -2.13. The average molecular weight is 690 g/mol. The molecule has 0 amide bonds. The van der Waals surface area contributed by atoms with Crippen molar-refractivity contribution in [1.82, 2.24) is 19.9 Å². The molecule has 0 radical (unpaired) electrons. The van der Waals surface area contributed by atoms with Crippen LogP contribution in [-0.4, -0.2) is 19.9 Å². The van der Waals surface area contributed by atoms with Gasteiger partial charge in [-0.05, 0) is 64.7 Å². The van der Waals surface area contributed by atoms with E-state index in [-0.39, 0.29) is 0 Å². The molecule has 2 aromatic heterocycles. The highest BCUT2D eigenvalue weighted by atomic mass is 14.9. The molecule has 0 N–H and O–H groups in total. The van der Waals surface area contributed by atoms with E-state index in [1.807, 2.05) is 91.0 Å². The van der Waals surface area contributed by atoms with Crippen molar-refractivity contribution in [2.24, 2.45) is 0 Å². The third-order valence-electron chi connectivity index (χ3n) is 9.51. The zero-order chi connectivity index (χ0) is 36.3. The van der Waals surface area contributed by atoms with Crippen LogP contribution < -0.4 is 0 Å². The minimum Gasteiger partial charge on any atom is -0.244 e. The molecule has 0 atom stereocenters. The topological polar surface area (TPSA) is 75.3 Å². The van der Waals surface area contributed by atoms with Crippen LogP contribution in [0.3, 0.4) is 0 Å². The molecule has 252 valence electrons. The van der Waals surface area contributed by atoms with Gasteiger partial charge in [-0.15, -0.1) is 0 Å². The van der Waals surface area contributed by atoms with Gasteiger partial charge in [-0.25, -0.2) is 19.9 Å². The Kier molecular flexibility index (Phi) is 8.53. The first-order chi connectivity index (χ1) is 26.7. The summed E-state index contributed by atoms with van der Waals surface area (Å²) in [7, 11) is 0. The van der Waals surface area contributed by atoms with E-state index in [1.165, 1.54) is 0 Å². The van der Waals surface area contributed by atoms with E-state index in [2.05, 4.69) is 103 Å². The molecule has 0 saturated carbocycles. The summed E-state index contributed by atoms with van der Waals surface area (Å²) in [5.41, 5.74) is 14.7. The molecular weight excluding hydrogens is 659 g/mol. The van der Waals surface area contributed by atoms with E-state index >= 15 is 0 Å². The van der Waals surface area contributed by atoms with Gasteiger partial charge in [0.2, 0.25) is 0 Å². The van der Waals surface area contributed by atoms with E-state index in [9.17, 15) is 5.26 Å². The summed E-state index contributed by atoms with van der Waals surface area (Å²) >= 11 is 0. The van der Waals surface area contributed by atoms with Gasteiger partial charge in [0.05, 0.1) is 45.4 Å². The van der Waals surface area contributed by atoms with Crippen molar-refractivity contribution in [3.05, 3.63) is 194 Å². The quantitative estimate of drug-likeness (QED) is 0.166. The van der Waals surface area contributed by atoms with Gasteiger partial charge in [0.15, 0.2) is 5.82 Å². The first-order valence-electron chi connectivity index (χ1n) is 17.8. The molecule has 9 rings (SSSR count). The fourth-order valence-electron chi connectivity index (χ4n) is 6.77. The number of hydrogen-bond donors (Lipinski definition) is 0. The highest BCUT2D eigenvalue weighted by Gasteiger charge is 2.16. The van der Waals surface area contributed by atoms with E-state index < -0.39 is 0 Å². The Morgan fingerprint density at radius 2 is 0.759 bits per heavy atom. The maximum Gasteiger partial charge on any atom is 0.160 e. The normalized spacial score (nSPS) is 10.9. The molecule has 2 heterocycles. The van der Waals surface area contributed by atoms with E-state index in [4.69, 9.17) is 19.9 Å². The molecule has 0 unspecified atom stereocenters. The molecule has 9 aromatic rings. The first-order valence-corrected chi connectivity index (χ1v) is 17.8. The molecule has 0 aliphatic heterocycles. The van der Waals surface area contributed by atoms with E-state index in [0.717, 1.165) is 83.9 Å². The van der Waals surface area contributed by atoms with Crippen LogP contribution in [-0.2, 0) is 0 Å². The molecular formula is C49H31N5. The number of aromatic nitrogens is 4. The van der Waals surface area contributed by atoms with Gasteiger partial charge in [0, 0.05) is 27.8 Å². The Hall–Kier alpha value is -7.55. The van der Waals surface area contributed by atoms with Crippen molar-refractivity contribution >= 4 is 11.0 Å². The van der Waals surface area contributed by atoms with Crippen LogP contribution in [0.2, 0.25) is 0 Å². The van der Waals surface area contributed by atoms with E-state index in [1.54, 1.807) is 0 Å². The third-order valence-corrected chi connectivity index (χ3v) is 9.51. The van der Waals surface area contributed by atoms with Crippen molar-refractivity contribution in [2.45, 2.75) is 0 Å². The smallest absolute Gasteiger partial charge is 0.160 e. The lowest BCUT2D eigenvalue weighted by molar-refractivity contribution is 1.18. The number of fused-ring (bicyclic) bond motifs is 1. The van der Waals surface area contributed by atoms with Gasteiger partial charge < -0.3 is 0 Å². The van der Waals surface area contributed by atoms with Crippen LogP contribution in [0.25, 0.3) is 89.7 Å². The Morgan fingerprint density at radius 1 is 0.315 bits per heavy atom. The molecule has 0 aliphatic rings. The van der Waals surface area contributed by atoms with Crippen LogP contribution in [0.5, 0.6) is 0 Å². The van der Waals surface area contributed by atoms with Crippen LogP contribution in [0.4, 0.5) is 0 Å². The second-order valence-corrected chi connectivity index (χ2v) is 13.0. The Labute approximate surface area is 313 Å². The standard InChI is InChI=1S/C49H31N5/c50-32-33-12-9-17-38(28-33)40-19-10-20-41(29-40)48-47(51-43-22-7-8-23-44(43)52-48)37-26-24-34(25-27-37)39-18-11-21-42(30-39)49-53-45(35-13-3-1-4-14-35)31-46(54-49)36-15-5-2-6-16-36/h1-31H. The summed E-state index contributed by atoms with van der Waals surface area (Å²) in [6, 6.07) is 65.6. The van der Waals surface area contributed by atoms with Crippen LogP contribution in [0.1, 0.15) is 5.56 Å². The number of hydrogen-bond acceptors (Lipinski definition) is 5. The number of rotatable bonds is 7. The summed E-state index contributed by atoms with van der Waals surface area (Å²) in [4.78, 5) is 20.4. The second-order valence-electron chi connectivity index (χ2n) is 13.0. The summed E-state index contributed by atoms with van der Waals surface area (Å²) in [5, 5.41) is 9.49. The van der Waals surface area contributed by atoms with Gasteiger partial charge in [-0.2, -0.15) is 5.26 Å². The Balaban J connectivity index is 1.09. The number of para-hydroxylation sites is 2. The molecule has 0 saturated heterocycles.